The number of aliphatic imine (C=N–C) groups is 1. The normalized spacial score (nSPS) is 33.5. The van der Waals surface area contributed by atoms with Gasteiger partial charge in [0.25, 0.3) is 0 Å². The fourth-order valence-electron chi connectivity index (χ4n) is 2.77. The summed E-state index contributed by atoms with van der Waals surface area (Å²) in [6, 6.07) is -0.915. The molecule has 2 fully saturated rings. The van der Waals surface area contributed by atoms with Gasteiger partial charge in [0.1, 0.15) is 6.04 Å². The van der Waals surface area contributed by atoms with E-state index in [1.165, 1.54) is 23.0 Å². The average molecular weight is 287 g/mol. The van der Waals surface area contributed by atoms with E-state index in [0.717, 1.165) is 0 Å². The lowest BCUT2D eigenvalue weighted by Gasteiger charge is -2.43. The van der Waals surface area contributed by atoms with Crippen LogP contribution in [0.1, 0.15) is 6.42 Å². The van der Waals surface area contributed by atoms with E-state index in [-0.39, 0.29) is 23.8 Å². The number of carboxylic acids is 1. The zero-order valence-corrected chi connectivity index (χ0v) is 11.1. The number of β-lactam (4-membered cyclic amide) rings is 1. The van der Waals surface area contributed by atoms with Crippen LogP contribution in [-0.2, 0) is 9.59 Å². The first kappa shape index (κ1) is 14.1. The molecular formula is C11H17N3O4S. The molecule has 8 heteroatoms. The van der Waals surface area contributed by atoms with E-state index in [9.17, 15) is 14.7 Å². The standard InChI is InChI=1S/C11H17N3O4S/c12-5-13-1-2-19-8-3-7-6(4-15)10(16)14(7)9(8)11(17)18/h5-9,15H,1-4H2,(H2,12,13)(H,17,18). The van der Waals surface area contributed by atoms with Crippen molar-refractivity contribution in [3.8, 4) is 0 Å². The van der Waals surface area contributed by atoms with Crippen LogP contribution in [0.15, 0.2) is 4.99 Å². The molecular weight excluding hydrogens is 270 g/mol. The molecule has 7 nitrogen and oxygen atoms in total. The molecule has 2 rings (SSSR count). The molecule has 0 spiro atoms. The third-order valence-electron chi connectivity index (χ3n) is 3.63. The summed E-state index contributed by atoms with van der Waals surface area (Å²) in [6.07, 6.45) is 1.84. The molecule has 0 radical (unpaired) electrons. The lowest BCUT2D eigenvalue weighted by Crippen LogP contribution is -2.63. The van der Waals surface area contributed by atoms with Gasteiger partial charge in [0.05, 0.1) is 18.9 Å². The molecule has 0 aromatic heterocycles. The number of nitrogens with two attached hydrogens (primary N) is 1. The van der Waals surface area contributed by atoms with Gasteiger partial charge in [-0.2, -0.15) is 11.8 Å². The quantitative estimate of drug-likeness (QED) is 0.243. The van der Waals surface area contributed by atoms with Crippen LogP contribution in [0.4, 0.5) is 0 Å². The predicted molar refractivity (Wildman–Crippen MR) is 71.0 cm³/mol. The minimum absolute atomic E-state index is 0.130. The summed E-state index contributed by atoms with van der Waals surface area (Å²) in [7, 11) is 0. The number of aliphatic hydroxyl groups excluding tert-OH is 1. The third-order valence-corrected chi connectivity index (χ3v) is 4.92. The van der Waals surface area contributed by atoms with Gasteiger partial charge in [-0.25, -0.2) is 4.79 Å². The van der Waals surface area contributed by atoms with Gasteiger partial charge in [-0.1, -0.05) is 0 Å². The van der Waals surface area contributed by atoms with E-state index in [4.69, 9.17) is 10.8 Å². The van der Waals surface area contributed by atoms with Crippen LogP contribution in [0.3, 0.4) is 0 Å². The van der Waals surface area contributed by atoms with E-state index < -0.39 is 17.9 Å². The molecule has 0 bridgehead atoms. The molecule has 0 saturated carbocycles. The van der Waals surface area contributed by atoms with E-state index >= 15 is 0 Å². The highest BCUT2D eigenvalue weighted by Gasteiger charge is 2.59. The first-order valence-corrected chi connectivity index (χ1v) is 7.14. The van der Waals surface area contributed by atoms with Crippen LogP contribution in [0, 0.1) is 5.92 Å². The number of aliphatic hydroxyl groups is 1. The summed E-state index contributed by atoms with van der Waals surface area (Å²) in [6.45, 7) is 0.327. The maximum atomic E-state index is 11.8. The number of rotatable bonds is 6. The lowest BCUT2D eigenvalue weighted by atomic mass is 9.89. The maximum Gasteiger partial charge on any atom is 0.327 e. The number of carboxylic acid groups (broad SMARTS) is 1. The summed E-state index contributed by atoms with van der Waals surface area (Å²) in [4.78, 5) is 28.4. The summed E-state index contributed by atoms with van der Waals surface area (Å²) < 4.78 is 0. The SMILES string of the molecule is NC=NCCSC1CC2C(CO)C(=O)N2C1C(=O)O. The monoisotopic (exact) mass is 287 g/mol. The van der Waals surface area contributed by atoms with Crippen molar-refractivity contribution >= 4 is 30.0 Å². The molecule has 2 heterocycles. The van der Waals surface area contributed by atoms with Gasteiger partial charge in [-0.3, -0.25) is 9.79 Å². The summed E-state index contributed by atoms with van der Waals surface area (Å²) in [5.41, 5.74) is 5.13. The van der Waals surface area contributed by atoms with Gasteiger partial charge in [0, 0.05) is 23.6 Å². The molecule has 19 heavy (non-hydrogen) atoms. The first-order chi connectivity index (χ1) is 9.11. The maximum absolute atomic E-state index is 11.8. The second-order valence-electron chi connectivity index (χ2n) is 4.59. The Morgan fingerprint density at radius 1 is 1.63 bits per heavy atom. The second kappa shape index (κ2) is 5.79. The highest BCUT2D eigenvalue weighted by Crippen LogP contribution is 2.43. The largest absolute Gasteiger partial charge is 0.480 e. The number of amides is 1. The number of carbonyl (C=O) groups is 2. The fourth-order valence-corrected chi connectivity index (χ4v) is 4.04. The van der Waals surface area contributed by atoms with E-state index in [1.54, 1.807) is 0 Å². The van der Waals surface area contributed by atoms with Crippen LogP contribution >= 0.6 is 11.8 Å². The predicted octanol–water partition coefficient (Wildman–Crippen LogP) is -1.25. The second-order valence-corrected chi connectivity index (χ2v) is 5.93. The van der Waals surface area contributed by atoms with Crippen molar-refractivity contribution in [2.75, 3.05) is 18.9 Å². The van der Waals surface area contributed by atoms with Crippen LogP contribution in [0.5, 0.6) is 0 Å². The van der Waals surface area contributed by atoms with E-state index in [1.807, 2.05) is 0 Å². The van der Waals surface area contributed by atoms with Crippen molar-refractivity contribution in [2.45, 2.75) is 23.8 Å². The van der Waals surface area contributed by atoms with Crippen molar-refractivity contribution in [2.24, 2.45) is 16.6 Å². The Morgan fingerprint density at radius 3 is 2.95 bits per heavy atom. The van der Waals surface area contributed by atoms with Crippen molar-refractivity contribution < 1.29 is 19.8 Å². The van der Waals surface area contributed by atoms with Gasteiger partial charge >= 0.3 is 5.97 Å². The Kier molecular flexibility index (Phi) is 4.31. The molecule has 4 unspecified atom stereocenters. The molecule has 2 aliphatic heterocycles. The average Bonchev–Trinajstić information content (AvgIpc) is 2.70. The van der Waals surface area contributed by atoms with Gasteiger partial charge in [0.15, 0.2) is 0 Å². The first-order valence-electron chi connectivity index (χ1n) is 6.09. The third kappa shape index (κ3) is 2.42. The number of thioether (sulfide) groups is 1. The fraction of sp³-hybridized carbons (Fsp3) is 0.727. The number of carbonyl (C=O) groups excluding carboxylic acids is 1. The van der Waals surface area contributed by atoms with Crippen LogP contribution in [0.25, 0.3) is 0 Å². The number of aliphatic carboxylic acids is 1. The van der Waals surface area contributed by atoms with E-state index in [0.29, 0.717) is 18.7 Å². The Balaban J connectivity index is 1.99. The minimum atomic E-state index is -0.980. The minimum Gasteiger partial charge on any atom is -0.480 e. The number of nitrogens with zero attached hydrogens (tertiary/aromatic N) is 2. The van der Waals surface area contributed by atoms with Gasteiger partial charge in [-0.05, 0) is 6.42 Å². The topological polar surface area (TPSA) is 116 Å². The number of hydrogen-bond acceptors (Lipinski definition) is 5. The van der Waals surface area contributed by atoms with Crippen LogP contribution in [-0.4, -0.2) is 69.6 Å². The number of hydrogen-bond donors (Lipinski definition) is 3. The van der Waals surface area contributed by atoms with Gasteiger partial charge < -0.3 is 20.8 Å². The van der Waals surface area contributed by atoms with Crippen LogP contribution in [0.2, 0.25) is 0 Å². The molecule has 1 amide bonds. The molecule has 4 atom stereocenters. The Morgan fingerprint density at radius 2 is 2.37 bits per heavy atom. The summed E-state index contributed by atoms with van der Waals surface area (Å²) >= 11 is 1.50. The Hall–Kier alpha value is -1.28. The molecule has 106 valence electrons. The summed E-state index contributed by atoms with van der Waals surface area (Å²) in [5, 5.41) is 18.2. The zero-order valence-electron chi connectivity index (χ0n) is 10.3. The highest BCUT2D eigenvalue weighted by molar-refractivity contribution is 8.00. The van der Waals surface area contributed by atoms with Crippen LogP contribution < -0.4 is 5.73 Å². The molecule has 0 aliphatic carbocycles. The Bertz CT molecular complexity index is 403. The molecule has 0 aromatic carbocycles. The number of fused-ring (bicyclic) bond motifs is 1. The van der Waals surface area contributed by atoms with Crippen molar-refractivity contribution in [3.63, 3.8) is 0 Å². The highest BCUT2D eigenvalue weighted by atomic mass is 32.2. The Labute approximate surface area is 114 Å². The lowest BCUT2D eigenvalue weighted by molar-refractivity contribution is -0.165. The molecule has 2 aliphatic rings. The van der Waals surface area contributed by atoms with Gasteiger partial charge in [0.2, 0.25) is 5.91 Å². The molecule has 0 aromatic rings. The molecule has 4 N–H and O–H groups in total. The smallest absolute Gasteiger partial charge is 0.327 e. The van der Waals surface area contributed by atoms with Gasteiger partial charge in [-0.15, -0.1) is 0 Å². The van der Waals surface area contributed by atoms with Crippen molar-refractivity contribution in [1.29, 1.82) is 0 Å². The zero-order chi connectivity index (χ0) is 14.0. The van der Waals surface area contributed by atoms with Crippen molar-refractivity contribution in [1.82, 2.24) is 4.90 Å². The van der Waals surface area contributed by atoms with Crippen molar-refractivity contribution in [3.05, 3.63) is 0 Å². The summed E-state index contributed by atoms with van der Waals surface area (Å²) in [5.74, 6) is -0.981. The molecule has 2 saturated heterocycles. The van der Waals surface area contributed by atoms with E-state index in [2.05, 4.69) is 4.99 Å².